The lowest BCUT2D eigenvalue weighted by atomic mass is 10.4. The van der Waals surface area contributed by atoms with Gasteiger partial charge in [-0.3, -0.25) is 4.68 Å². The molecular weight excluding hydrogens is 164 g/mol. The van der Waals surface area contributed by atoms with Gasteiger partial charge < -0.3 is 5.32 Å². The Bertz CT molecular complexity index is 234. The second-order valence-electron chi connectivity index (χ2n) is 2.47. The monoisotopic (exact) mass is 175 g/mol. The van der Waals surface area contributed by atoms with Gasteiger partial charge in [-0.25, -0.2) is 8.78 Å². The van der Waals surface area contributed by atoms with E-state index in [4.69, 9.17) is 0 Å². The van der Waals surface area contributed by atoms with Gasteiger partial charge in [0, 0.05) is 19.8 Å². The Kier molecular flexibility index (Phi) is 3.16. The van der Waals surface area contributed by atoms with Crippen LogP contribution < -0.4 is 5.32 Å². The molecule has 0 atom stereocenters. The third-order valence-corrected chi connectivity index (χ3v) is 1.53. The molecule has 5 heteroatoms. The fourth-order valence-corrected chi connectivity index (χ4v) is 0.884. The molecule has 0 aliphatic heterocycles. The number of nitrogens with zero attached hydrogens (tertiary/aromatic N) is 2. The molecule has 0 fully saturated rings. The lowest BCUT2D eigenvalue weighted by Crippen LogP contribution is -2.21. The molecular formula is C7H11F2N3. The maximum atomic E-state index is 11.7. The Morgan fingerprint density at radius 3 is 2.92 bits per heavy atom. The molecule has 1 aromatic rings. The first-order valence-corrected chi connectivity index (χ1v) is 3.66. The molecule has 0 spiro atoms. The van der Waals surface area contributed by atoms with Crippen LogP contribution in [0.3, 0.4) is 0 Å². The van der Waals surface area contributed by atoms with Crippen molar-refractivity contribution >= 4 is 0 Å². The molecule has 0 aromatic carbocycles. The Morgan fingerprint density at radius 2 is 2.42 bits per heavy atom. The number of hydrogen-bond donors (Lipinski definition) is 1. The minimum atomic E-state index is -2.29. The largest absolute Gasteiger partial charge is 0.306 e. The number of hydrogen-bond acceptors (Lipinski definition) is 2. The van der Waals surface area contributed by atoms with E-state index in [2.05, 4.69) is 10.4 Å². The van der Waals surface area contributed by atoms with Crippen LogP contribution in [0, 0.1) is 0 Å². The van der Waals surface area contributed by atoms with Crippen LogP contribution >= 0.6 is 0 Å². The minimum Gasteiger partial charge on any atom is -0.306 e. The van der Waals surface area contributed by atoms with Crippen LogP contribution in [-0.4, -0.2) is 22.8 Å². The quantitative estimate of drug-likeness (QED) is 0.732. The van der Waals surface area contributed by atoms with Gasteiger partial charge in [0.2, 0.25) is 0 Å². The molecule has 0 amide bonds. The molecule has 0 aliphatic rings. The van der Waals surface area contributed by atoms with Crippen molar-refractivity contribution < 1.29 is 8.78 Å². The van der Waals surface area contributed by atoms with Gasteiger partial charge in [-0.15, -0.1) is 0 Å². The second kappa shape index (κ2) is 4.15. The third-order valence-electron chi connectivity index (χ3n) is 1.53. The van der Waals surface area contributed by atoms with Gasteiger partial charge >= 0.3 is 0 Å². The topological polar surface area (TPSA) is 29.9 Å². The number of rotatable bonds is 4. The third kappa shape index (κ3) is 2.58. The van der Waals surface area contributed by atoms with Crippen molar-refractivity contribution in [2.75, 3.05) is 6.54 Å². The van der Waals surface area contributed by atoms with Crippen LogP contribution in [0.4, 0.5) is 8.78 Å². The number of aromatic nitrogens is 2. The van der Waals surface area contributed by atoms with E-state index in [0.29, 0.717) is 6.54 Å². The first-order chi connectivity index (χ1) is 5.70. The van der Waals surface area contributed by atoms with Gasteiger partial charge in [-0.2, -0.15) is 5.10 Å². The highest BCUT2D eigenvalue weighted by atomic mass is 19.3. The molecule has 1 N–H and O–H groups in total. The zero-order valence-electron chi connectivity index (χ0n) is 6.80. The molecule has 3 nitrogen and oxygen atoms in total. The molecule has 0 saturated carbocycles. The summed E-state index contributed by atoms with van der Waals surface area (Å²) in [5.74, 6) is 0. The predicted molar refractivity (Wildman–Crippen MR) is 40.9 cm³/mol. The summed E-state index contributed by atoms with van der Waals surface area (Å²) in [5.41, 5.74) is 0.899. The van der Waals surface area contributed by atoms with E-state index in [-0.39, 0.29) is 6.54 Å². The zero-order chi connectivity index (χ0) is 8.97. The normalized spacial score (nSPS) is 11.0. The van der Waals surface area contributed by atoms with Gasteiger partial charge in [-0.1, -0.05) is 0 Å². The fraction of sp³-hybridized carbons (Fsp3) is 0.571. The van der Waals surface area contributed by atoms with Crippen LogP contribution in [0.2, 0.25) is 0 Å². The summed E-state index contributed by atoms with van der Waals surface area (Å²) in [6.45, 7) is 0.159. The summed E-state index contributed by atoms with van der Waals surface area (Å²) in [5, 5.41) is 6.52. The van der Waals surface area contributed by atoms with Gasteiger partial charge in [0.15, 0.2) is 0 Å². The summed E-state index contributed by atoms with van der Waals surface area (Å²) in [6.07, 6.45) is -0.655. The fourth-order valence-electron chi connectivity index (χ4n) is 0.884. The summed E-state index contributed by atoms with van der Waals surface area (Å²) >= 11 is 0. The standard InChI is InChI=1S/C7H11F2N3/c1-12-6(2-3-11-12)4-10-5-7(8)9/h2-3,7,10H,4-5H2,1H3. The maximum absolute atomic E-state index is 11.7. The maximum Gasteiger partial charge on any atom is 0.250 e. The van der Waals surface area contributed by atoms with Crippen molar-refractivity contribution in [3.8, 4) is 0 Å². The summed E-state index contributed by atoms with van der Waals surface area (Å²) in [4.78, 5) is 0. The van der Waals surface area contributed by atoms with E-state index < -0.39 is 6.43 Å². The summed E-state index contributed by atoms with van der Waals surface area (Å²) in [6, 6.07) is 1.79. The van der Waals surface area contributed by atoms with Crippen molar-refractivity contribution in [2.45, 2.75) is 13.0 Å². The average molecular weight is 175 g/mol. The van der Waals surface area contributed by atoms with Crippen molar-refractivity contribution in [1.29, 1.82) is 0 Å². The Balaban J connectivity index is 2.29. The Labute approximate surface area is 69.4 Å². The highest BCUT2D eigenvalue weighted by molar-refractivity contribution is 4.98. The molecule has 0 saturated heterocycles. The molecule has 12 heavy (non-hydrogen) atoms. The average Bonchev–Trinajstić information content (AvgIpc) is 2.36. The number of alkyl halides is 2. The van der Waals surface area contributed by atoms with E-state index in [0.717, 1.165) is 5.69 Å². The number of nitrogens with one attached hydrogen (secondary N) is 1. The zero-order valence-corrected chi connectivity index (χ0v) is 6.80. The van der Waals surface area contributed by atoms with Gasteiger partial charge in [0.25, 0.3) is 6.43 Å². The first-order valence-electron chi connectivity index (χ1n) is 3.66. The molecule has 1 aromatic heterocycles. The highest BCUT2D eigenvalue weighted by Crippen LogP contribution is 1.95. The SMILES string of the molecule is Cn1nccc1CNCC(F)F. The second-order valence-corrected chi connectivity index (χ2v) is 2.47. The summed E-state index contributed by atoms with van der Waals surface area (Å²) < 4.78 is 25.0. The van der Waals surface area contributed by atoms with E-state index in [1.54, 1.807) is 24.0 Å². The van der Waals surface area contributed by atoms with Gasteiger partial charge in [-0.05, 0) is 6.07 Å². The van der Waals surface area contributed by atoms with E-state index >= 15 is 0 Å². The van der Waals surface area contributed by atoms with Crippen molar-refractivity contribution in [3.63, 3.8) is 0 Å². The predicted octanol–water partition coefficient (Wildman–Crippen LogP) is 0.775. The van der Waals surface area contributed by atoms with Crippen molar-refractivity contribution in [2.24, 2.45) is 7.05 Å². The van der Waals surface area contributed by atoms with Crippen LogP contribution in [0.5, 0.6) is 0 Å². The summed E-state index contributed by atoms with van der Waals surface area (Å²) in [7, 11) is 1.78. The number of aryl methyl sites for hydroxylation is 1. The smallest absolute Gasteiger partial charge is 0.250 e. The highest BCUT2D eigenvalue weighted by Gasteiger charge is 2.02. The van der Waals surface area contributed by atoms with Crippen LogP contribution in [0.15, 0.2) is 12.3 Å². The Hall–Kier alpha value is -0.970. The molecule has 1 heterocycles. The van der Waals surface area contributed by atoms with Crippen LogP contribution in [-0.2, 0) is 13.6 Å². The van der Waals surface area contributed by atoms with E-state index in [1.807, 2.05) is 0 Å². The molecule has 0 unspecified atom stereocenters. The molecule has 0 radical (unpaired) electrons. The van der Waals surface area contributed by atoms with Crippen molar-refractivity contribution in [3.05, 3.63) is 18.0 Å². The van der Waals surface area contributed by atoms with E-state index in [9.17, 15) is 8.78 Å². The van der Waals surface area contributed by atoms with E-state index in [1.165, 1.54) is 0 Å². The minimum absolute atomic E-state index is 0.273. The number of halogens is 2. The molecule has 0 aliphatic carbocycles. The molecule has 68 valence electrons. The lowest BCUT2D eigenvalue weighted by Gasteiger charge is -2.03. The van der Waals surface area contributed by atoms with Gasteiger partial charge in [0.05, 0.1) is 12.2 Å². The lowest BCUT2D eigenvalue weighted by molar-refractivity contribution is 0.145. The Morgan fingerprint density at radius 1 is 1.67 bits per heavy atom. The molecule has 0 bridgehead atoms. The van der Waals surface area contributed by atoms with Crippen molar-refractivity contribution in [1.82, 2.24) is 15.1 Å². The van der Waals surface area contributed by atoms with Gasteiger partial charge in [0.1, 0.15) is 0 Å². The first kappa shape index (κ1) is 9.12. The van der Waals surface area contributed by atoms with Crippen LogP contribution in [0.25, 0.3) is 0 Å². The van der Waals surface area contributed by atoms with Crippen LogP contribution in [0.1, 0.15) is 5.69 Å². The molecule has 1 rings (SSSR count).